The summed E-state index contributed by atoms with van der Waals surface area (Å²) < 4.78 is 0.938. The van der Waals surface area contributed by atoms with E-state index in [1.165, 1.54) is 0 Å². The number of carbonyl (C=O) groups excluding carboxylic acids is 1. The van der Waals surface area contributed by atoms with Gasteiger partial charge in [-0.15, -0.1) is 0 Å². The van der Waals surface area contributed by atoms with Crippen molar-refractivity contribution in [2.24, 2.45) is 5.92 Å². The molecule has 1 atom stereocenters. The lowest BCUT2D eigenvalue weighted by molar-refractivity contribution is -0.137. The average Bonchev–Trinajstić information content (AvgIpc) is 2.47. The monoisotopic (exact) mass is 353 g/mol. The van der Waals surface area contributed by atoms with E-state index < -0.39 is 5.97 Å². The molecular formula is C16H20BrNO3. The highest BCUT2D eigenvalue weighted by Crippen LogP contribution is 2.24. The zero-order valence-corrected chi connectivity index (χ0v) is 13.7. The van der Waals surface area contributed by atoms with Crippen LogP contribution in [0.4, 0.5) is 0 Å². The number of hydrogen-bond donors (Lipinski definition) is 1. The molecule has 0 aromatic heterocycles. The summed E-state index contributed by atoms with van der Waals surface area (Å²) in [5, 5.41) is 8.77. The Balaban J connectivity index is 2.01. The maximum atomic E-state index is 12.5. The minimum absolute atomic E-state index is 0.0377. The van der Waals surface area contributed by atoms with Crippen LogP contribution in [0.1, 0.15) is 41.6 Å². The van der Waals surface area contributed by atoms with Crippen LogP contribution in [-0.2, 0) is 4.79 Å². The summed E-state index contributed by atoms with van der Waals surface area (Å²) in [5.74, 6) is -0.427. The molecule has 1 aliphatic rings. The highest BCUT2D eigenvalue weighted by Gasteiger charge is 2.25. The molecule has 0 spiro atoms. The minimum atomic E-state index is -0.763. The number of rotatable bonds is 4. The van der Waals surface area contributed by atoms with Gasteiger partial charge in [0.1, 0.15) is 0 Å². The number of halogens is 1. The largest absolute Gasteiger partial charge is 0.481 e. The number of likely N-dealkylation sites (tertiary alicyclic amines) is 1. The van der Waals surface area contributed by atoms with Gasteiger partial charge in [-0.2, -0.15) is 0 Å². The van der Waals surface area contributed by atoms with Crippen LogP contribution >= 0.6 is 15.9 Å². The molecule has 1 amide bonds. The molecule has 0 saturated carbocycles. The van der Waals surface area contributed by atoms with E-state index in [0.717, 1.165) is 29.4 Å². The lowest BCUT2D eigenvalue weighted by atomic mass is 9.93. The van der Waals surface area contributed by atoms with Gasteiger partial charge in [-0.3, -0.25) is 9.59 Å². The van der Waals surface area contributed by atoms with Crippen molar-refractivity contribution in [1.29, 1.82) is 0 Å². The molecule has 1 aromatic carbocycles. The number of carboxylic acid groups (broad SMARTS) is 1. The third-order valence-electron chi connectivity index (χ3n) is 3.99. The number of aliphatic carboxylic acids is 1. The quantitative estimate of drug-likeness (QED) is 0.901. The van der Waals surface area contributed by atoms with Crippen molar-refractivity contribution in [3.63, 3.8) is 0 Å². The van der Waals surface area contributed by atoms with Crippen molar-refractivity contribution in [2.75, 3.05) is 13.1 Å². The summed E-state index contributed by atoms with van der Waals surface area (Å²) in [7, 11) is 0. The molecule has 5 heteroatoms. The predicted octanol–water partition coefficient (Wildman–Crippen LogP) is 3.47. The van der Waals surface area contributed by atoms with Crippen molar-refractivity contribution < 1.29 is 14.7 Å². The Morgan fingerprint density at radius 3 is 2.86 bits per heavy atom. The molecule has 1 unspecified atom stereocenters. The summed E-state index contributed by atoms with van der Waals surface area (Å²) in [6.45, 7) is 3.41. The van der Waals surface area contributed by atoms with Gasteiger partial charge >= 0.3 is 5.97 Å². The van der Waals surface area contributed by atoms with E-state index in [2.05, 4.69) is 15.9 Å². The van der Waals surface area contributed by atoms with Gasteiger partial charge in [0.15, 0.2) is 0 Å². The second-order valence-corrected chi connectivity index (χ2v) is 6.51. The molecule has 1 heterocycles. The fraction of sp³-hybridized carbons (Fsp3) is 0.500. The maximum Gasteiger partial charge on any atom is 0.303 e. The van der Waals surface area contributed by atoms with Crippen LogP contribution in [0.2, 0.25) is 0 Å². The van der Waals surface area contributed by atoms with E-state index in [1.807, 2.05) is 30.0 Å². The number of nitrogens with zero attached hydrogens (tertiary/aromatic N) is 1. The average molecular weight is 354 g/mol. The third kappa shape index (κ3) is 4.30. The molecule has 1 aromatic rings. The van der Waals surface area contributed by atoms with E-state index in [9.17, 15) is 9.59 Å². The molecular weight excluding hydrogens is 334 g/mol. The Morgan fingerprint density at radius 1 is 1.43 bits per heavy atom. The van der Waals surface area contributed by atoms with Crippen molar-refractivity contribution in [2.45, 2.75) is 32.6 Å². The first-order valence-corrected chi connectivity index (χ1v) is 8.04. The molecule has 2 rings (SSSR count). The van der Waals surface area contributed by atoms with Gasteiger partial charge < -0.3 is 10.0 Å². The number of carboxylic acids is 1. The van der Waals surface area contributed by atoms with Gasteiger partial charge in [0.05, 0.1) is 0 Å². The van der Waals surface area contributed by atoms with E-state index in [4.69, 9.17) is 5.11 Å². The van der Waals surface area contributed by atoms with Crippen LogP contribution in [0.3, 0.4) is 0 Å². The van der Waals surface area contributed by atoms with Crippen molar-refractivity contribution in [3.05, 3.63) is 33.8 Å². The van der Waals surface area contributed by atoms with Crippen LogP contribution in [0.25, 0.3) is 0 Å². The maximum absolute atomic E-state index is 12.5. The topological polar surface area (TPSA) is 57.6 Å². The number of hydrogen-bond acceptors (Lipinski definition) is 2. The van der Waals surface area contributed by atoms with Crippen LogP contribution < -0.4 is 0 Å². The zero-order chi connectivity index (χ0) is 15.4. The molecule has 0 radical (unpaired) electrons. The molecule has 1 N–H and O–H groups in total. The Hall–Kier alpha value is -1.36. The van der Waals surface area contributed by atoms with Gasteiger partial charge in [-0.1, -0.05) is 22.0 Å². The van der Waals surface area contributed by atoms with Gasteiger partial charge in [0.25, 0.3) is 5.91 Å². The lowest BCUT2D eigenvalue weighted by Crippen LogP contribution is -2.40. The highest BCUT2D eigenvalue weighted by molar-refractivity contribution is 9.10. The number of amides is 1. The molecule has 1 aliphatic heterocycles. The molecule has 1 fully saturated rings. The summed E-state index contributed by atoms with van der Waals surface area (Å²) in [6, 6.07) is 5.64. The Bertz CT molecular complexity index is 544. The van der Waals surface area contributed by atoms with Crippen molar-refractivity contribution in [1.82, 2.24) is 4.90 Å². The van der Waals surface area contributed by atoms with E-state index in [-0.39, 0.29) is 12.3 Å². The second-order valence-electron chi connectivity index (χ2n) is 5.66. The fourth-order valence-corrected chi connectivity index (χ4v) is 3.10. The van der Waals surface area contributed by atoms with Crippen LogP contribution in [0.15, 0.2) is 22.7 Å². The predicted molar refractivity (Wildman–Crippen MR) is 84.4 cm³/mol. The molecule has 114 valence electrons. The standard InChI is InChI=1S/C16H20BrNO3/c1-11-4-6-13(9-14(11)17)16(21)18-8-2-3-12(10-18)5-7-15(19)20/h4,6,9,12H,2-3,5,7-8,10H2,1H3,(H,19,20). The first-order valence-electron chi connectivity index (χ1n) is 7.24. The summed E-state index contributed by atoms with van der Waals surface area (Å²) in [6.07, 6.45) is 2.79. The molecule has 4 nitrogen and oxygen atoms in total. The Labute approximate surface area is 133 Å². The number of aryl methyl sites for hydroxylation is 1. The van der Waals surface area contributed by atoms with Crippen molar-refractivity contribution >= 4 is 27.8 Å². The number of carbonyl (C=O) groups is 2. The molecule has 0 aliphatic carbocycles. The van der Waals surface area contributed by atoms with Crippen LogP contribution in [0.5, 0.6) is 0 Å². The SMILES string of the molecule is Cc1ccc(C(=O)N2CCCC(CCC(=O)O)C2)cc1Br. The molecule has 0 bridgehead atoms. The highest BCUT2D eigenvalue weighted by atomic mass is 79.9. The van der Waals surface area contributed by atoms with E-state index >= 15 is 0 Å². The minimum Gasteiger partial charge on any atom is -0.481 e. The second kappa shape index (κ2) is 7.07. The first kappa shape index (κ1) is 16.0. The van der Waals surface area contributed by atoms with Gasteiger partial charge in [0.2, 0.25) is 0 Å². The van der Waals surface area contributed by atoms with Gasteiger partial charge in [0, 0.05) is 29.5 Å². The zero-order valence-electron chi connectivity index (χ0n) is 12.1. The van der Waals surface area contributed by atoms with E-state index in [0.29, 0.717) is 24.4 Å². The fourth-order valence-electron chi connectivity index (χ4n) is 2.72. The van der Waals surface area contributed by atoms with E-state index in [1.54, 1.807) is 0 Å². The van der Waals surface area contributed by atoms with Gasteiger partial charge in [-0.05, 0) is 49.8 Å². The Kier molecular flexibility index (Phi) is 5.39. The summed E-state index contributed by atoms with van der Waals surface area (Å²) in [5.41, 5.74) is 1.79. The lowest BCUT2D eigenvalue weighted by Gasteiger charge is -2.32. The van der Waals surface area contributed by atoms with Gasteiger partial charge in [-0.25, -0.2) is 0 Å². The number of piperidine rings is 1. The summed E-state index contributed by atoms with van der Waals surface area (Å²) >= 11 is 3.46. The smallest absolute Gasteiger partial charge is 0.303 e. The normalized spacial score (nSPS) is 18.6. The van der Waals surface area contributed by atoms with Crippen molar-refractivity contribution in [3.8, 4) is 0 Å². The Morgan fingerprint density at radius 2 is 2.19 bits per heavy atom. The van der Waals surface area contributed by atoms with Crippen LogP contribution in [0, 0.1) is 12.8 Å². The molecule has 1 saturated heterocycles. The molecule has 21 heavy (non-hydrogen) atoms. The third-order valence-corrected chi connectivity index (χ3v) is 4.85. The van der Waals surface area contributed by atoms with Crippen LogP contribution in [-0.4, -0.2) is 35.0 Å². The number of benzene rings is 1. The first-order chi connectivity index (χ1) is 9.97. The summed E-state index contributed by atoms with van der Waals surface area (Å²) in [4.78, 5) is 25.1.